The van der Waals surface area contributed by atoms with E-state index < -0.39 is 15.9 Å². The predicted molar refractivity (Wildman–Crippen MR) is 83.9 cm³/mol. The van der Waals surface area contributed by atoms with Crippen LogP contribution in [-0.2, 0) is 14.8 Å². The number of carbonyl (C=O) groups is 1. The van der Waals surface area contributed by atoms with E-state index in [1.807, 2.05) is 6.92 Å². The van der Waals surface area contributed by atoms with E-state index in [0.717, 1.165) is 0 Å². The number of hydrogen-bond acceptors (Lipinski definition) is 4. The summed E-state index contributed by atoms with van der Waals surface area (Å²) in [5.41, 5.74) is 0.0414. The van der Waals surface area contributed by atoms with Crippen molar-refractivity contribution in [2.45, 2.75) is 11.8 Å². The Hall–Kier alpha value is -0.670. The van der Waals surface area contributed by atoms with Gasteiger partial charge >= 0.3 is 0 Å². The summed E-state index contributed by atoms with van der Waals surface area (Å²) in [7, 11) is -2.44. The maximum absolute atomic E-state index is 12.1. The number of rotatable bonds is 6. The van der Waals surface area contributed by atoms with E-state index >= 15 is 0 Å². The first kappa shape index (κ1) is 18.4. The molecular formula is C12H16BrClN2O4S. The Morgan fingerprint density at radius 2 is 2.14 bits per heavy atom. The van der Waals surface area contributed by atoms with Crippen molar-refractivity contribution in [3.8, 4) is 0 Å². The number of carbonyl (C=O) groups excluding carboxylic acids is 1. The van der Waals surface area contributed by atoms with Gasteiger partial charge in [-0.3, -0.25) is 4.79 Å². The van der Waals surface area contributed by atoms with Gasteiger partial charge in [-0.05, 0) is 18.1 Å². The normalized spacial score (nSPS) is 13.0. The molecule has 0 aromatic heterocycles. The van der Waals surface area contributed by atoms with Crippen molar-refractivity contribution in [1.29, 1.82) is 0 Å². The molecule has 1 unspecified atom stereocenters. The number of sulfonamides is 1. The van der Waals surface area contributed by atoms with Crippen LogP contribution in [0.25, 0.3) is 0 Å². The number of amides is 1. The Morgan fingerprint density at radius 3 is 2.67 bits per heavy atom. The molecule has 21 heavy (non-hydrogen) atoms. The maximum Gasteiger partial charge on any atom is 0.252 e. The fourth-order valence-electron chi connectivity index (χ4n) is 1.64. The second kappa shape index (κ2) is 7.55. The molecule has 0 aliphatic carbocycles. The van der Waals surface area contributed by atoms with E-state index in [1.54, 1.807) is 7.11 Å². The second-order valence-electron chi connectivity index (χ2n) is 4.58. The van der Waals surface area contributed by atoms with Crippen molar-refractivity contribution in [2.24, 2.45) is 11.1 Å². The van der Waals surface area contributed by atoms with Crippen molar-refractivity contribution in [2.75, 3.05) is 20.3 Å². The number of ether oxygens (including phenoxy) is 1. The molecular weight excluding hydrogens is 384 g/mol. The average Bonchev–Trinajstić information content (AvgIpc) is 2.37. The van der Waals surface area contributed by atoms with Gasteiger partial charge in [0, 0.05) is 18.1 Å². The van der Waals surface area contributed by atoms with Crippen LogP contribution >= 0.6 is 27.5 Å². The van der Waals surface area contributed by atoms with Crippen LogP contribution in [0.1, 0.15) is 17.3 Å². The summed E-state index contributed by atoms with van der Waals surface area (Å²) < 4.78 is 28.3. The summed E-state index contributed by atoms with van der Waals surface area (Å²) in [4.78, 5) is 11.8. The molecule has 0 aliphatic heterocycles. The molecule has 0 fully saturated rings. The number of hydrogen-bond donors (Lipinski definition) is 2. The van der Waals surface area contributed by atoms with Gasteiger partial charge in [-0.25, -0.2) is 13.6 Å². The minimum Gasteiger partial charge on any atom is -0.384 e. The summed E-state index contributed by atoms with van der Waals surface area (Å²) in [6.07, 6.45) is 0. The lowest BCUT2D eigenvalue weighted by molar-refractivity contribution is 0.0934. The highest BCUT2D eigenvalue weighted by Gasteiger charge is 2.21. The van der Waals surface area contributed by atoms with Gasteiger partial charge in [0.2, 0.25) is 10.0 Å². The summed E-state index contributed by atoms with van der Waals surface area (Å²) in [6.45, 7) is 2.78. The van der Waals surface area contributed by atoms with Gasteiger partial charge in [0.05, 0.1) is 17.2 Å². The average molecular weight is 400 g/mol. The SMILES string of the molecule is COCC(C)CNC(=O)c1cc(Br)cc(S(N)(=O)=O)c1Cl. The van der Waals surface area contributed by atoms with Gasteiger partial charge in [-0.2, -0.15) is 0 Å². The van der Waals surface area contributed by atoms with Crippen molar-refractivity contribution in [1.82, 2.24) is 5.32 Å². The zero-order valence-electron chi connectivity index (χ0n) is 11.5. The lowest BCUT2D eigenvalue weighted by atomic mass is 10.1. The number of nitrogens with two attached hydrogens (primary N) is 1. The zero-order chi connectivity index (χ0) is 16.2. The summed E-state index contributed by atoms with van der Waals surface area (Å²) in [6, 6.07) is 2.69. The maximum atomic E-state index is 12.1. The number of primary sulfonamides is 1. The highest BCUT2D eigenvalue weighted by molar-refractivity contribution is 9.10. The molecule has 0 bridgehead atoms. The van der Waals surface area contributed by atoms with Gasteiger partial charge in [-0.15, -0.1) is 0 Å². The van der Waals surface area contributed by atoms with Crippen LogP contribution in [0.5, 0.6) is 0 Å². The van der Waals surface area contributed by atoms with Crippen LogP contribution in [0.3, 0.4) is 0 Å². The third-order valence-electron chi connectivity index (χ3n) is 2.62. The van der Waals surface area contributed by atoms with Crippen molar-refractivity contribution >= 4 is 43.5 Å². The Labute approximate surface area is 137 Å². The molecule has 0 saturated heterocycles. The minimum atomic E-state index is -4.01. The van der Waals surface area contributed by atoms with Gasteiger partial charge in [0.25, 0.3) is 5.91 Å². The molecule has 1 aromatic rings. The predicted octanol–water partition coefficient (Wildman–Crippen LogP) is 1.76. The van der Waals surface area contributed by atoms with E-state index in [9.17, 15) is 13.2 Å². The van der Waals surface area contributed by atoms with Crippen LogP contribution in [0, 0.1) is 5.92 Å². The highest BCUT2D eigenvalue weighted by Crippen LogP contribution is 2.28. The summed E-state index contributed by atoms with van der Waals surface area (Å²) in [5, 5.41) is 7.55. The molecule has 1 rings (SSSR count). The third-order valence-corrected chi connectivity index (χ3v) is 4.53. The number of methoxy groups -OCH3 is 1. The van der Waals surface area contributed by atoms with Crippen LogP contribution in [0.15, 0.2) is 21.5 Å². The van der Waals surface area contributed by atoms with Gasteiger partial charge in [0.1, 0.15) is 4.90 Å². The highest BCUT2D eigenvalue weighted by atomic mass is 79.9. The zero-order valence-corrected chi connectivity index (χ0v) is 14.7. The lowest BCUT2D eigenvalue weighted by Gasteiger charge is -2.13. The lowest BCUT2D eigenvalue weighted by Crippen LogP contribution is -2.30. The molecule has 6 nitrogen and oxygen atoms in total. The van der Waals surface area contributed by atoms with Gasteiger partial charge in [-0.1, -0.05) is 34.5 Å². The van der Waals surface area contributed by atoms with E-state index in [-0.39, 0.29) is 21.4 Å². The Morgan fingerprint density at radius 1 is 1.52 bits per heavy atom. The van der Waals surface area contributed by atoms with E-state index in [2.05, 4.69) is 21.2 Å². The van der Waals surface area contributed by atoms with E-state index in [4.69, 9.17) is 21.5 Å². The largest absolute Gasteiger partial charge is 0.384 e. The van der Waals surface area contributed by atoms with Crippen molar-refractivity contribution < 1.29 is 17.9 Å². The molecule has 1 amide bonds. The quantitative estimate of drug-likeness (QED) is 0.761. The number of halogens is 2. The molecule has 0 heterocycles. The molecule has 3 N–H and O–H groups in total. The monoisotopic (exact) mass is 398 g/mol. The van der Waals surface area contributed by atoms with E-state index in [0.29, 0.717) is 17.6 Å². The topological polar surface area (TPSA) is 98.5 Å². The fraction of sp³-hybridized carbons (Fsp3) is 0.417. The number of nitrogens with one attached hydrogen (secondary N) is 1. The van der Waals surface area contributed by atoms with Crippen LogP contribution in [0.4, 0.5) is 0 Å². The Kier molecular flexibility index (Phi) is 6.61. The molecule has 9 heteroatoms. The van der Waals surface area contributed by atoms with Crippen LogP contribution in [-0.4, -0.2) is 34.6 Å². The number of benzene rings is 1. The second-order valence-corrected chi connectivity index (χ2v) is 7.40. The molecule has 0 spiro atoms. The molecule has 0 aliphatic rings. The first-order valence-electron chi connectivity index (χ1n) is 5.95. The molecule has 1 aromatic carbocycles. The van der Waals surface area contributed by atoms with Crippen molar-refractivity contribution in [3.63, 3.8) is 0 Å². The van der Waals surface area contributed by atoms with Gasteiger partial charge < -0.3 is 10.1 Å². The van der Waals surface area contributed by atoms with Crippen molar-refractivity contribution in [3.05, 3.63) is 27.2 Å². The molecule has 118 valence electrons. The summed E-state index contributed by atoms with van der Waals surface area (Å²) >= 11 is 9.11. The molecule has 0 radical (unpaired) electrons. The Balaban J connectivity index is 3.03. The molecule has 1 atom stereocenters. The fourth-order valence-corrected chi connectivity index (χ4v) is 3.42. The third kappa shape index (κ3) is 5.23. The minimum absolute atomic E-state index is 0.0414. The van der Waals surface area contributed by atoms with E-state index in [1.165, 1.54) is 12.1 Å². The molecule has 0 saturated carbocycles. The van der Waals surface area contributed by atoms with Crippen LogP contribution < -0.4 is 10.5 Å². The first-order valence-corrected chi connectivity index (χ1v) is 8.67. The van der Waals surface area contributed by atoms with Gasteiger partial charge in [0.15, 0.2) is 0 Å². The summed E-state index contributed by atoms with van der Waals surface area (Å²) in [5.74, 6) is -0.364. The smallest absolute Gasteiger partial charge is 0.252 e. The first-order chi connectivity index (χ1) is 9.66. The Bertz CT molecular complexity index is 636. The standard InChI is InChI=1S/C12H16BrClN2O4S/c1-7(6-20-2)5-16-12(17)9-3-8(13)4-10(11(9)14)21(15,18)19/h3-4,7H,5-6H2,1-2H3,(H,16,17)(H2,15,18,19). The van der Waals surface area contributed by atoms with Crippen LogP contribution in [0.2, 0.25) is 5.02 Å².